The Morgan fingerprint density at radius 3 is 2.70 bits per heavy atom. The standard InChI is InChI=1S/C15H24ClN3O/c1-5-20-13-7-6-12(16)10-11(13)8-9-18-14(17)19-15(2,3)4/h6-7,10H,5,8-9H2,1-4H3,(H3,17,18,19). The minimum absolute atomic E-state index is 0.0832. The first-order valence-corrected chi connectivity index (χ1v) is 7.19. The minimum Gasteiger partial charge on any atom is -0.494 e. The van der Waals surface area contributed by atoms with Gasteiger partial charge in [-0.05, 0) is 57.9 Å². The molecule has 0 unspecified atom stereocenters. The summed E-state index contributed by atoms with van der Waals surface area (Å²) in [6, 6.07) is 5.63. The summed E-state index contributed by atoms with van der Waals surface area (Å²) in [4.78, 5) is 4.32. The molecule has 0 amide bonds. The Labute approximate surface area is 126 Å². The Bertz CT molecular complexity index is 467. The van der Waals surface area contributed by atoms with Crippen molar-refractivity contribution in [2.75, 3.05) is 13.2 Å². The first-order chi connectivity index (χ1) is 9.31. The van der Waals surface area contributed by atoms with Crippen LogP contribution in [0.1, 0.15) is 33.3 Å². The van der Waals surface area contributed by atoms with Gasteiger partial charge in [0.25, 0.3) is 0 Å². The van der Waals surface area contributed by atoms with Crippen LogP contribution in [0.5, 0.6) is 5.75 Å². The summed E-state index contributed by atoms with van der Waals surface area (Å²) in [5.41, 5.74) is 6.80. The first-order valence-electron chi connectivity index (χ1n) is 6.81. The lowest BCUT2D eigenvalue weighted by molar-refractivity contribution is 0.336. The van der Waals surface area contributed by atoms with Crippen LogP contribution < -0.4 is 15.8 Å². The normalized spacial score (nSPS) is 12.3. The zero-order valence-electron chi connectivity index (χ0n) is 12.7. The summed E-state index contributed by atoms with van der Waals surface area (Å²) in [5, 5.41) is 3.83. The van der Waals surface area contributed by atoms with Crippen LogP contribution in [0.4, 0.5) is 0 Å². The van der Waals surface area contributed by atoms with E-state index in [-0.39, 0.29) is 5.54 Å². The number of halogens is 1. The summed E-state index contributed by atoms with van der Waals surface area (Å²) < 4.78 is 5.58. The number of benzene rings is 1. The van der Waals surface area contributed by atoms with E-state index in [1.54, 1.807) is 0 Å². The smallest absolute Gasteiger partial charge is 0.188 e. The van der Waals surface area contributed by atoms with Gasteiger partial charge in [0.1, 0.15) is 5.75 Å². The van der Waals surface area contributed by atoms with Gasteiger partial charge in [-0.2, -0.15) is 0 Å². The van der Waals surface area contributed by atoms with Crippen LogP contribution in [0.25, 0.3) is 0 Å². The average molecular weight is 298 g/mol. The Morgan fingerprint density at radius 2 is 2.10 bits per heavy atom. The highest BCUT2D eigenvalue weighted by Gasteiger charge is 2.09. The third-order valence-electron chi connectivity index (χ3n) is 2.49. The summed E-state index contributed by atoms with van der Waals surface area (Å²) in [7, 11) is 0. The van der Waals surface area contributed by atoms with Crippen molar-refractivity contribution in [3.63, 3.8) is 0 Å². The molecule has 0 atom stereocenters. The molecule has 0 radical (unpaired) electrons. The van der Waals surface area contributed by atoms with Crippen LogP contribution in [0, 0.1) is 0 Å². The van der Waals surface area contributed by atoms with Crippen LogP contribution in [0.2, 0.25) is 5.02 Å². The highest BCUT2D eigenvalue weighted by atomic mass is 35.5. The number of nitrogens with one attached hydrogen (secondary N) is 1. The molecule has 0 saturated carbocycles. The SMILES string of the molecule is CCOc1ccc(Cl)cc1CCN=C(N)NC(C)(C)C. The summed E-state index contributed by atoms with van der Waals surface area (Å²) in [5.74, 6) is 1.31. The Hall–Kier alpha value is -1.42. The molecule has 0 aliphatic rings. The van der Waals surface area contributed by atoms with Crippen LogP contribution in [0.15, 0.2) is 23.2 Å². The van der Waals surface area contributed by atoms with Crippen LogP contribution in [-0.4, -0.2) is 24.7 Å². The molecular weight excluding hydrogens is 274 g/mol. The van der Waals surface area contributed by atoms with E-state index in [9.17, 15) is 0 Å². The van der Waals surface area contributed by atoms with Gasteiger partial charge in [0.05, 0.1) is 6.61 Å². The van der Waals surface area contributed by atoms with E-state index in [4.69, 9.17) is 22.1 Å². The van der Waals surface area contributed by atoms with Gasteiger partial charge in [-0.25, -0.2) is 0 Å². The number of guanidine groups is 1. The zero-order valence-corrected chi connectivity index (χ0v) is 13.4. The lowest BCUT2D eigenvalue weighted by Crippen LogP contribution is -2.45. The van der Waals surface area contributed by atoms with Gasteiger partial charge >= 0.3 is 0 Å². The van der Waals surface area contributed by atoms with E-state index < -0.39 is 0 Å². The molecule has 0 aromatic heterocycles. The Morgan fingerprint density at radius 1 is 1.40 bits per heavy atom. The lowest BCUT2D eigenvalue weighted by Gasteiger charge is -2.21. The molecule has 0 saturated heterocycles. The third-order valence-corrected chi connectivity index (χ3v) is 2.72. The fourth-order valence-electron chi connectivity index (χ4n) is 1.76. The van der Waals surface area contributed by atoms with Gasteiger partial charge in [-0.15, -0.1) is 0 Å². The van der Waals surface area contributed by atoms with Gasteiger partial charge < -0.3 is 15.8 Å². The molecule has 1 rings (SSSR count). The van der Waals surface area contributed by atoms with Crippen molar-refractivity contribution in [1.29, 1.82) is 0 Å². The summed E-state index contributed by atoms with van der Waals surface area (Å²) >= 11 is 6.02. The Kier molecular flexibility index (Phi) is 6.14. The molecule has 0 aliphatic carbocycles. The molecule has 0 aliphatic heterocycles. The monoisotopic (exact) mass is 297 g/mol. The molecule has 3 N–H and O–H groups in total. The predicted octanol–water partition coefficient (Wildman–Crippen LogP) is 2.98. The van der Waals surface area contributed by atoms with Crippen molar-refractivity contribution >= 4 is 17.6 Å². The number of hydrogen-bond acceptors (Lipinski definition) is 2. The molecule has 4 nitrogen and oxygen atoms in total. The van der Waals surface area contributed by atoms with E-state index in [0.29, 0.717) is 24.1 Å². The van der Waals surface area contributed by atoms with Gasteiger partial charge in [-0.3, -0.25) is 4.99 Å². The summed E-state index contributed by atoms with van der Waals surface area (Å²) in [6.07, 6.45) is 0.739. The lowest BCUT2D eigenvalue weighted by atomic mass is 10.1. The van der Waals surface area contributed by atoms with Gasteiger partial charge in [0.2, 0.25) is 0 Å². The van der Waals surface area contributed by atoms with E-state index in [1.165, 1.54) is 0 Å². The minimum atomic E-state index is -0.0832. The maximum atomic E-state index is 6.02. The van der Waals surface area contributed by atoms with E-state index in [2.05, 4.69) is 10.3 Å². The maximum Gasteiger partial charge on any atom is 0.188 e. The molecule has 20 heavy (non-hydrogen) atoms. The molecule has 0 heterocycles. The second-order valence-corrected chi connectivity index (χ2v) is 6.01. The number of aliphatic imine (C=N–C) groups is 1. The second kappa shape index (κ2) is 7.39. The van der Waals surface area contributed by atoms with Crippen LogP contribution in [-0.2, 0) is 6.42 Å². The van der Waals surface area contributed by atoms with Crippen molar-refractivity contribution in [3.8, 4) is 5.75 Å². The number of nitrogens with two attached hydrogens (primary N) is 1. The van der Waals surface area contributed by atoms with Gasteiger partial charge in [0.15, 0.2) is 5.96 Å². The zero-order chi connectivity index (χ0) is 15.2. The highest BCUT2D eigenvalue weighted by molar-refractivity contribution is 6.30. The van der Waals surface area contributed by atoms with E-state index in [1.807, 2.05) is 45.9 Å². The highest BCUT2D eigenvalue weighted by Crippen LogP contribution is 2.23. The molecule has 0 fully saturated rings. The molecule has 5 heteroatoms. The molecule has 0 spiro atoms. The molecule has 112 valence electrons. The fourth-order valence-corrected chi connectivity index (χ4v) is 1.95. The molecule has 1 aromatic carbocycles. The molecule has 1 aromatic rings. The molecule has 0 bridgehead atoms. The number of rotatable bonds is 5. The van der Waals surface area contributed by atoms with E-state index in [0.717, 1.165) is 17.7 Å². The van der Waals surface area contributed by atoms with Gasteiger partial charge in [0, 0.05) is 17.1 Å². The number of nitrogens with zero attached hydrogens (tertiary/aromatic N) is 1. The van der Waals surface area contributed by atoms with Gasteiger partial charge in [-0.1, -0.05) is 11.6 Å². The second-order valence-electron chi connectivity index (χ2n) is 5.58. The predicted molar refractivity (Wildman–Crippen MR) is 85.7 cm³/mol. The van der Waals surface area contributed by atoms with Crippen LogP contribution in [0.3, 0.4) is 0 Å². The topological polar surface area (TPSA) is 59.6 Å². The quantitative estimate of drug-likeness (QED) is 0.649. The van der Waals surface area contributed by atoms with Crippen molar-refractivity contribution in [2.45, 2.75) is 39.7 Å². The number of hydrogen-bond donors (Lipinski definition) is 2. The largest absolute Gasteiger partial charge is 0.494 e. The van der Waals surface area contributed by atoms with Crippen molar-refractivity contribution < 1.29 is 4.74 Å². The van der Waals surface area contributed by atoms with Crippen molar-refractivity contribution in [1.82, 2.24) is 5.32 Å². The maximum absolute atomic E-state index is 6.02. The molecular formula is C15H24ClN3O. The Balaban J connectivity index is 2.65. The fraction of sp³-hybridized carbons (Fsp3) is 0.533. The average Bonchev–Trinajstić information content (AvgIpc) is 2.30. The number of ether oxygens (including phenoxy) is 1. The van der Waals surface area contributed by atoms with Crippen LogP contribution >= 0.6 is 11.6 Å². The third kappa shape index (κ3) is 6.15. The van der Waals surface area contributed by atoms with Crippen molar-refractivity contribution in [2.24, 2.45) is 10.7 Å². The van der Waals surface area contributed by atoms with E-state index >= 15 is 0 Å². The first kappa shape index (κ1) is 16.6. The summed E-state index contributed by atoms with van der Waals surface area (Å²) in [6.45, 7) is 9.31. The van der Waals surface area contributed by atoms with Crippen molar-refractivity contribution in [3.05, 3.63) is 28.8 Å².